The molecule has 0 aliphatic carbocycles. The van der Waals surface area contributed by atoms with Gasteiger partial charge in [0.25, 0.3) is 0 Å². The van der Waals surface area contributed by atoms with Gasteiger partial charge in [0, 0.05) is 12.3 Å². The minimum Gasteiger partial charge on any atom is -0.365 e. The molecular weight excluding hydrogens is 464 g/mol. The first kappa shape index (κ1) is 29.4. The second kappa shape index (κ2) is 15.3. The molecule has 0 amide bonds. The highest BCUT2D eigenvalue weighted by atomic mass is 16.5. The Hall–Kier alpha value is -3.20. The van der Waals surface area contributed by atoms with Gasteiger partial charge in [-0.25, -0.2) is 0 Å². The average molecular weight is 509 g/mol. The zero-order valence-electron chi connectivity index (χ0n) is 23.2. The Morgan fingerprint density at radius 2 is 0.816 bits per heavy atom. The third-order valence-electron chi connectivity index (χ3n) is 7.55. The van der Waals surface area contributed by atoms with Crippen LogP contribution in [-0.2, 0) is 25.7 Å². The minimum atomic E-state index is -1.67. The maximum Gasteiger partial charge on any atom is 0.169 e. The maximum absolute atomic E-state index is 10.4. The Morgan fingerprint density at radius 3 is 1.16 bits per heavy atom. The Bertz CT molecular complexity index is 1100. The van der Waals surface area contributed by atoms with Crippen LogP contribution in [0.4, 0.5) is 0 Å². The Kier molecular flexibility index (Phi) is 11.8. The number of hydrogen-bond donors (Lipinski definition) is 2. The molecule has 4 aromatic carbocycles. The zero-order valence-corrected chi connectivity index (χ0v) is 23.2. The lowest BCUT2D eigenvalue weighted by Crippen LogP contribution is -2.41. The van der Waals surface area contributed by atoms with Crippen molar-refractivity contribution in [3.63, 3.8) is 0 Å². The van der Waals surface area contributed by atoms with E-state index >= 15 is 0 Å². The lowest BCUT2D eigenvalue weighted by molar-refractivity contribution is -0.199. The Morgan fingerprint density at radius 1 is 0.500 bits per heavy atom. The van der Waals surface area contributed by atoms with E-state index in [2.05, 4.69) is 74.5 Å². The molecule has 0 bridgehead atoms. The summed E-state index contributed by atoms with van der Waals surface area (Å²) in [5.74, 6) is -0.420. The van der Waals surface area contributed by atoms with E-state index in [-0.39, 0.29) is 12.3 Å². The van der Waals surface area contributed by atoms with Crippen molar-refractivity contribution in [1.29, 1.82) is 0 Å². The van der Waals surface area contributed by atoms with Gasteiger partial charge in [-0.2, -0.15) is 0 Å². The summed E-state index contributed by atoms with van der Waals surface area (Å²) in [5.41, 5.74) is 4.98. The summed E-state index contributed by atoms with van der Waals surface area (Å²) in [4.78, 5) is 0. The van der Waals surface area contributed by atoms with E-state index in [1.165, 1.54) is 24.0 Å². The lowest BCUT2D eigenvalue weighted by atomic mass is 9.85. The van der Waals surface area contributed by atoms with Gasteiger partial charge in [-0.1, -0.05) is 142 Å². The van der Waals surface area contributed by atoms with Gasteiger partial charge in [-0.05, 0) is 59.8 Å². The molecule has 0 saturated carbocycles. The third-order valence-corrected chi connectivity index (χ3v) is 7.55. The molecule has 0 heterocycles. The molecule has 3 unspecified atom stereocenters. The molecule has 2 heteroatoms. The topological polar surface area (TPSA) is 40.5 Å². The van der Waals surface area contributed by atoms with Gasteiger partial charge in [0.15, 0.2) is 5.79 Å². The number of aliphatic hydroxyl groups is 2. The molecule has 4 aromatic rings. The molecular formula is C36H44O2. The van der Waals surface area contributed by atoms with Crippen LogP contribution in [0.5, 0.6) is 0 Å². The van der Waals surface area contributed by atoms with Crippen molar-refractivity contribution in [2.75, 3.05) is 0 Å². The SMILES string of the molecule is CC(Cc1ccccc1)C(C)Cc1ccccc1.CCC(Cc1ccccc1)C(O)(O)Cc1ccccc1. The quantitative estimate of drug-likeness (QED) is 0.202. The van der Waals surface area contributed by atoms with Crippen molar-refractivity contribution in [3.05, 3.63) is 144 Å². The van der Waals surface area contributed by atoms with Crippen LogP contribution < -0.4 is 0 Å². The van der Waals surface area contributed by atoms with Crippen LogP contribution in [0.1, 0.15) is 49.4 Å². The predicted molar refractivity (Wildman–Crippen MR) is 160 cm³/mol. The summed E-state index contributed by atoms with van der Waals surface area (Å²) in [6.07, 6.45) is 4.02. The highest BCUT2D eigenvalue weighted by Crippen LogP contribution is 2.26. The summed E-state index contributed by atoms with van der Waals surface area (Å²) < 4.78 is 0. The van der Waals surface area contributed by atoms with E-state index in [1.807, 2.05) is 67.6 Å². The minimum absolute atomic E-state index is 0.176. The predicted octanol–water partition coefficient (Wildman–Crippen LogP) is 7.92. The first-order chi connectivity index (χ1) is 18.4. The number of rotatable bonds is 11. The fourth-order valence-electron chi connectivity index (χ4n) is 4.95. The van der Waals surface area contributed by atoms with Crippen LogP contribution in [0.2, 0.25) is 0 Å². The van der Waals surface area contributed by atoms with Crippen LogP contribution in [0.15, 0.2) is 121 Å². The van der Waals surface area contributed by atoms with Gasteiger partial charge in [0.2, 0.25) is 0 Å². The van der Waals surface area contributed by atoms with E-state index in [0.717, 1.165) is 17.5 Å². The number of benzene rings is 4. The van der Waals surface area contributed by atoms with Gasteiger partial charge in [-0.15, -0.1) is 0 Å². The van der Waals surface area contributed by atoms with Crippen molar-refractivity contribution in [1.82, 2.24) is 0 Å². The van der Waals surface area contributed by atoms with Crippen LogP contribution >= 0.6 is 0 Å². The molecule has 0 fully saturated rings. The van der Waals surface area contributed by atoms with Crippen LogP contribution in [0, 0.1) is 17.8 Å². The molecule has 0 saturated heterocycles. The fourth-order valence-corrected chi connectivity index (χ4v) is 4.95. The zero-order chi connectivity index (χ0) is 27.2. The molecule has 0 radical (unpaired) electrons. The second-order valence-electron chi connectivity index (χ2n) is 10.7. The summed E-state index contributed by atoms with van der Waals surface area (Å²) in [6, 6.07) is 41.2. The molecule has 0 spiro atoms. The van der Waals surface area contributed by atoms with Crippen molar-refractivity contribution in [2.24, 2.45) is 17.8 Å². The molecule has 2 N–H and O–H groups in total. The van der Waals surface area contributed by atoms with E-state index in [1.54, 1.807) is 0 Å². The van der Waals surface area contributed by atoms with Crippen LogP contribution in [0.3, 0.4) is 0 Å². The van der Waals surface area contributed by atoms with Crippen molar-refractivity contribution < 1.29 is 10.2 Å². The van der Waals surface area contributed by atoms with Gasteiger partial charge in [0.1, 0.15) is 0 Å². The second-order valence-corrected chi connectivity index (χ2v) is 10.7. The van der Waals surface area contributed by atoms with E-state index < -0.39 is 5.79 Å². The van der Waals surface area contributed by atoms with Crippen molar-refractivity contribution in [3.8, 4) is 0 Å². The summed E-state index contributed by atoms with van der Waals surface area (Å²) in [6.45, 7) is 6.72. The molecule has 38 heavy (non-hydrogen) atoms. The first-order valence-corrected chi connectivity index (χ1v) is 14.0. The molecule has 0 aromatic heterocycles. The fraction of sp³-hybridized carbons (Fsp3) is 0.333. The van der Waals surface area contributed by atoms with E-state index in [9.17, 15) is 10.2 Å². The van der Waals surface area contributed by atoms with Crippen molar-refractivity contribution >= 4 is 0 Å². The summed E-state index contributed by atoms with van der Waals surface area (Å²) in [5, 5.41) is 20.9. The van der Waals surface area contributed by atoms with Crippen molar-refractivity contribution in [2.45, 2.75) is 58.7 Å². The highest BCUT2D eigenvalue weighted by molar-refractivity contribution is 5.19. The molecule has 200 valence electrons. The average Bonchev–Trinajstić information content (AvgIpc) is 2.94. The standard InChI is InChI=1S/C18H22O2.C18H22/c1-2-17(13-15-9-5-3-6-10-15)18(19,20)14-16-11-7-4-8-12-16;1-15(13-17-9-5-3-6-10-17)16(2)14-18-11-7-4-8-12-18/h3-12,17,19-20H,2,13-14H2,1H3;3-12,15-16H,13-14H2,1-2H3. The van der Waals surface area contributed by atoms with E-state index in [0.29, 0.717) is 18.3 Å². The highest BCUT2D eigenvalue weighted by Gasteiger charge is 2.33. The Labute approximate surface area is 230 Å². The van der Waals surface area contributed by atoms with Crippen LogP contribution in [0.25, 0.3) is 0 Å². The maximum atomic E-state index is 10.4. The van der Waals surface area contributed by atoms with Gasteiger partial charge in [-0.3, -0.25) is 0 Å². The summed E-state index contributed by atoms with van der Waals surface area (Å²) in [7, 11) is 0. The van der Waals surface area contributed by atoms with Crippen LogP contribution in [-0.4, -0.2) is 16.0 Å². The molecule has 3 atom stereocenters. The smallest absolute Gasteiger partial charge is 0.169 e. The van der Waals surface area contributed by atoms with Gasteiger partial charge >= 0.3 is 0 Å². The molecule has 2 nitrogen and oxygen atoms in total. The largest absolute Gasteiger partial charge is 0.365 e. The monoisotopic (exact) mass is 508 g/mol. The summed E-state index contributed by atoms with van der Waals surface area (Å²) >= 11 is 0. The first-order valence-electron chi connectivity index (χ1n) is 14.0. The normalized spacial score (nSPS) is 13.6. The van der Waals surface area contributed by atoms with Gasteiger partial charge in [0.05, 0.1) is 0 Å². The lowest BCUT2D eigenvalue weighted by Gasteiger charge is -2.31. The Balaban J connectivity index is 0.000000212. The van der Waals surface area contributed by atoms with E-state index in [4.69, 9.17) is 0 Å². The molecule has 0 aliphatic heterocycles. The third kappa shape index (κ3) is 9.93. The molecule has 4 rings (SSSR count). The van der Waals surface area contributed by atoms with Gasteiger partial charge < -0.3 is 10.2 Å². The number of hydrogen-bond acceptors (Lipinski definition) is 2. The molecule has 0 aliphatic rings.